The molecule has 1 unspecified atom stereocenters. The summed E-state index contributed by atoms with van der Waals surface area (Å²) in [7, 11) is 0. The predicted molar refractivity (Wildman–Crippen MR) is 79.5 cm³/mol. The molecule has 0 spiro atoms. The summed E-state index contributed by atoms with van der Waals surface area (Å²) in [4.78, 5) is 0. The van der Waals surface area contributed by atoms with E-state index in [9.17, 15) is 0 Å². The quantitative estimate of drug-likeness (QED) is 0.867. The number of nitrogens with one attached hydrogen (secondary N) is 1. The van der Waals surface area contributed by atoms with Crippen molar-refractivity contribution in [3.8, 4) is 5.75 Å². The van der Waals surface area contributed by atoms with Crippen LogP contribution in [0, 0.1) is 0 Å². The molecular weight excluding hydrogens is 306 g/mol. The molecule has 2 aromatic rings. The van der Waals surface area contributed by atoms with Gasteiger partial charge in [0.2, 0.25) is 0 Å². The van der Waals surface area contributed by atoms with E-state index in [1.165, 1.54) is 5.56 Å². The van der Waals surface area contributed by atoms with E-state index in [0.29, 0.717) is 6.61 Å². The molecule has 0 aliphatic heterocycles. The average molecular weight is 324 g/mol. The van der Waals surface area contributed by atoms with Gasteiger partial charge < -0.3 is 14.5 Å². The maximum atomic E-state index is 5.54. The fourth-order valence-electron chi connectivity index (χ4n) is 2.04. The predicted octanol–water partition coefficient (Wildman–Crippen LogP) is 4.14. The molecule has 0 saturated heterocycles. The minimum absolute atomic E-state index is 0.135. The lowest BCUT2D eigenvalue weighted by Gasteiger charge is -2.18. The molecule has 1 heterocycles. The highest BCUT2D eigenvalue weighted by molar-refractivity contribution is 9.10. The molecule has 19 heavy (non-hydrogen) atoms. The van der Waals surface area contributed by atoms with Crippen LogP contribution >= 0.6 is 15.9 Å². The Balaban J connectivity index is 2.30. The Bertz CT molecular complexity index is 511. The fraction of sp³-hybridized carbons (Fsp3) is 0.333. The van der Waals surface area contributed by atoms with Crippen molar-refractivity contribution < 1.29 is 9.15 Å². The summed E-state index contributed by atoms with van der Waals surface area (Å²) < 4.78 is 11.7. The zero-order chi connectivity index (χ0) is 13.7. The Morgan fingerprint density at radius 3 is 2.68 bits per heavy atom. The van der Waals surface area contributed by atoms with Gasteiger partial charge >= 0.3 is 0 Å². The lowest BCUT2D eigenvalue weighted by atomic mass is 10.0. The Morgan fingerprint density at radius 1 is 1.26 bits per heavy atom. The zero-order valence-corrected chi connectivity index (χ0v) is 12.7. The van der Waals surface area contributed by atoms with Crippen molar-refractivity contribution in [3.63, 3.8) is 0 Å². The Labute approximate surface area is 122 Å². The maximum Gasteiger partial charge on any atom is 0.133 e. The standard InChI is InChI=1S/C15H18BrNO2/c1-3-17-15(12-7-8-18-10-12)11-5-6-14(19-4-2)13(16)9-11/h5-10,15,17H,3-4H2,1-2H3. The lowest BCUT2D eigenvalue weighted by Crippen LogP contribution is -2.21. The first-order valence-electron chi connectivity index (χ1n) is 6.44. The molecule has 2 rings (SSSR count). The average Bonchev–Trinajstić information content (AvgIpc) is 2.92. The van der Waals surface area contributed by atoms with Crippen molar-refractivity contribution in [2.45, 2.75) is 19.9 Å². The van der Waals surface area contributed by atoms with E-state index in [1.807, 2.05) is 19.1 Å². The second-order valence-electron chi connectivity index (χ2n) is 4.17. The number of halogens is 1. The summed E-state index contributed by atoms with van der Waals surface area (Å²) in [5.41, 5.74) is 2.30. The van der Waals surface area contributed by atoms with E-state index in [-0.39, 0.29) is 6.04 Å². The molecule has 0 bridgehead atoms. The Hall–Kier alpha value is -1.26. The van der Waals surface area contributed by atoms with Crippen molar-refractivity contribution in [3.05, 3.63) is 52.4 Å². The highest BCUT2D eigenvalue weighted by Gasteiger charge is 2.15. The number of furan rings is 1. The van der Waals surface area contributed by atoms with Gasteiger partial charge in [-0.2, -0.15) is 0 Å². The van der Waals surface area contributed by atoms with E-state index < -0.39 is 0 Å². The van der Waals surface area contributed by atoms with E-state index in [2.05, 4.69) is 40.3 Å². The van der Waals surface area contributed by atoms with Crippen molar-refractivity contribution in [1.29, 1.82) is 0 Å². The lowest BCUT2D eigenvalue weighted by molar-refractivity contribution is 0.338. The maximum absolute atomic E-state index is 5.54. The van der Waals surface area contributed by atoms with Crippen LogP contribution in [0.25, 0.3) is 0 Å². The zero-order valence-electron chi connectivity index (χ0n) is 11.2. The van der Waals surface area contributed by atoms with Crippen molar-refractivity contribution in [2.75, 3.05) is 13.2 Å². The van der Waals surface area contributed by atoms with Gasteiger partial charge in [-0.25, -0.2) is 0 Å². The number of hydrogen-bond donors (Lipinski definition) is 1. The molecule has 0 radical (unpaired) electrons. The van der Waals surface area contributed by atoms with Gasteiger partial charge in [0, 0.05) is 5.56 Å². The van der Waals surface area contributed by atoms with Gasteiger partial charge in [0.1, 0.15) is 5.75 Å². The first-order valence-corrected chi connectivity index (χ1v) is 7.23. The largest absolute Gasteiger partial charge is 0.493 e. The smallest absolute Gasteiger partial charge is 0.133 e. The normalized spacial score (nSPS) is 12.4. The molecule has 102 valence electrons. The second-order valence-corrected chi connectivity index (χ2v) is 5.02. The second kappa shape index (κ2) is 6.78. The van der Waals surface area contributed by atoms with Crippen molar-refractivity contribution >= 4 is 15.9 Å². The van der Waals surface area contributed by atoms with Gasteiger partial charge in [0.25, 0.3) is 0 Å². The molecule has 0 aliphatic carbocycles. The summed E-state index contributed by atoms with van der Waals surface area (Å²) in [5.74, 6) is 0.869. The number of hydrogen-bond acceptors (Lipinski definition) is 3. The third-order valence-electron chi connectivity index (χ3n) is 2.87. The van der Waals surface area contributed by atoms with E-state index >= 15 is 0 Å². The molecular formula is C15H18BrNO2. The van der Waals surface area contributed by atoms with Gasteiger partial charge in [-0.1, -0.05) is 13.0 Å². The van der Waals surface area contributed by atoms with Crippen LogP contribution in [0.5, 0.6) is 5.75 Å². The van der Waals surface area contributed by atoms with E-state index in [1.54, 1.807) is 12.5 Å². The van der Waals surface area contributed by atoms with Gasteiger partial charge in [-0.05, 0) is 53.2 Å². The van der Waals surface area contributed by atoms with Crippen LogP contribution in [-0.4, -0.2) is 13.2 Å². The fourth-order valence-corrected chi connectivity index (χ4v) is 2.55. The molecule has 0 fully saturated rings. The third-order valence-corrected chi connectivity index (χ3v) is 3.49. The van der Waals surface area contributed by atoms with Crippen molar-refractivity contribution in [2.24, 2.45) is 0 Å². The van der Waals surface area contributed by atoms with Gasteiger partial charge in [-0.3, -0.25) is 0 Å². The van der Waals surface area contributed by atoms with E-state index in [0.717, 1.165) is 22.3 Å². The first kappa shape index (κ1) is 14.2. The number of benzene rings is 1. The molecule has 1 aromatic heterocycles. The summed E-state index contributed by atoms with van der Waals surface area (Å²) in [6.45, 7) is 5.63. The summed E-state index contributed by atoms with van der Waals surface area (Å²) in [5, 5.41) is 3.46. The molecule has 1 N–H and O–H groups in total. The molecule has 0 amide bonds. The van der Waals surface area contributed by atoms with Crippen LogP contribution in [0.3, 0.4) is 0 Å². The Morgan fingerprint density at radius 2 is 2.11 bits per heavy atom. The minimum atomic E-state index is 0.135. The monoisotopic (exact) mass is 323 g/mol. The van der Waals surface area contributed by atoms with Crippen LogP contribution in [-0.2, 0) is 0 Å². The molecule has 1 aromatic carbocycles. The first-order chi connectivity index (χ1) is 9.26. The number of rotatable bonds is 6. The molecule has 0 saturated carbocycles. The van der Waals surface area contributed by atoms with Crippen LogP contribution < -0.4 is 10.1 Å². The molecule has 3 nitrogen and oxygen atoms in total. The van der Waals surface area contributed by atoms with Crippen LogP contribution in [0.2, 0.25) is 0 Å². The number of ether oxygens (including phenoxy) is 1. The van der Waals surface area contributed by atoms with Crippen LogP contribution in [0.4, 0.5) is 0 Å². The van der Waals surface area contributed by atoms with Gasteiger partial charge in [0.15, 0.2) is 0 Å². The molecule has 0 aliphatic rings. The molecule has 1 atom stereocenters. The highest BCUT2D eigenvalue weighted by atomic mass is 79.9. The SMILES string of the molecule is CCNC(c1ccoc1)c1ccc(OCC)c(Br)c1. The summed E-state index contributed by atoms with van der Waals surface area (Å²) >= 11 is 3.55. The topological polar surface area (TPSA) is 34.4 Å². The van der Waals surface area contributed by atoms with E-state index in [4.69, 9.17) is 9.15 Å². The summed E-state index contributed by atoms with van der Waals surface area (Å²) in [6, 6.07) is 8.28. The van der Waals surface area contributed by atoms with Gasteiger partial charge in [-0.15, -0.1) is 0 Å². The highest BCUT2D eigenvalue weighted by Crippen LogP contribution is 2.31. The van der Waals surface area contributed by atoms with Gasteiger partial charge in [0.05, 0.1) is 29.6 Å². The van der Waals surface area contributed by atoms with Crippen LogP contribution in [0.15, 0.2) is 45.7 Å². The Kier molecular flexibility index (Phi) is 5.05. The minimum Gasteiger partial charge on any atom is -0.493 e. The molecule has 4 heteroatoms. The van der Waals surface area contributed by atoms with Crippen molar-refractivity contribution in [1.82, 2.24) is 5.32 Å². The summed E-state index contributed by atoms with van der Waals surface area (Å²) in [6.07, 6.45) is 3.47. The van der Waals surface area contributed by atoms with Crippen LogP contribution in [0.1, 0.15) is 31.0 Å². The third kappa shape index (κ3) is 3.39.